The number of alkyl carbamates (subject to hydrolysis) is 1. The van der Waals surface area contributed by atoms with E-state index in [-0.39, 0.29) is 11.8 Å². The maximum Gasteiger partial charge on any atom is 0.408 e. The van der Waals surface area contributed by atoms with E-state index in [9.17, 15) is 9.59 Å². The summed E-state index contributed by atoms with van der Waals surface area (Å²) in [6, 6.07) is 11.2. The first kappa shape index (κ1) is 23.4. The second kappa shape index (κ2) is 9.91. The fourth-order valence-electron chi connectivity index (χ4n) is 3.02. The summed E-state index contributed by atoms with van der Waals surface area (Å²) in [7, 11) is 0. The molecule has 0 bridgehead atoms. The summed E-state index contributed by atoms with van der Waals surface area (Å²) in [5.74, 6) is -0.462. The quantitative estimate of drug-likeness (QED) is 0.525. The lowest BCUT2D eigenvalue weighted by Crippen LogP contribution is -2.48. The topological polar surface area (TPSA) is 93.2 Å². The molecular weight excluding hydrogens is 424 g/mol. The highest BCUT2D eigenvalue weighted by molar-refractivity contribution is 7.14. The molecule has 0 radical (unpaired) electrons. The summed E-state index contributed by atoms with van der Waals surface area (Å²) in [6.07, 6.45) is 2.89. The molecule has 1 atom stereocenters. The van der Waals surface area contributed by atoms with Gasteiger partial charge in [-0.25, -0.2) is 9.78 Å². The SMILES string of the molecule is CC(C)[C@H](NC(=O)OC(C)(C)C)C(=O)Nc1nc(-c2cccc(-c3ccncc3)c2)cs1. The van der Waals surface area contributed by atoms with Gasteiger partial charge in [0.05, 0.1) is 5.69 Å². The molecule has 2 heterocycles. The highest BCUT2D eigenvalue weighted by Gasteiger charge is 2.27. The van der Waals surface area contributed by atoms with Gasteiger partial charge in [0.2, 0.25) is 5.91 Å². The van der Waals surface area contributed by atoms with Gasteiger partial charge in [-0.1, -0.05) is 32.0 Å². The molecule has 2 N–H and O–H groups in total. The third kappa shape index (κ3) is 6.37. The number of amides is 2. The number of thiazole rings is 1. The van der Waals surface area contributed by atoms with Crippen molar-refractivity contribution < 1.29 is 14.3 Å². The second-order valence-electron chi connectivity index (χ2n) is 8.71. The minimum Gasteiger partial charge on any atom is -0.444 e. The molecule has 2 aromatic heterocycles. The highest BCUT2D eigenvalue weighted by Crippen LogP contribution is 2.29. The largest absolute Gasteiger partial charge is 0.444 e. The molecule has 7 nitrogen and oxygen atoms in total. The van der Waals surface area contributed by atoms with E-state index >= 15 is 0 Å². The number of nitrogens with zero attached hydrogens (tertiary/aromatic N) is 2. The van der Waals surface area contributed by atoms with Crippen LogP contribution in [-0.4, -0.2) is 33.6 Å². The number of carbonyl (C=O) groups excluding carboxylic acids is 2. The number of nitrogens with one attached hydrogen (secondary N) is 2. The first-order chi connectivity index (χ1) is 15.1. The first-order valence-corrected chi connectivity index (χ1v) is 11.3. The fourth-order valence-corrected chi connectivity index (χ4v) is 3.74. The lowest BCUT2D eigenvalue weighted by Gasteiger charge is -2.24. The molecule has 0 saturated heterocycles. The van der Waals surface area contributed by atoms with Crippen molar-refractivity contribution in [2.75, 3.05) is 5.32 Å². The third-order valence-corrected chi connectivity index (χ3v) is 5.29. The predicted octanol–water partition coefficient (Wildman–Crippen LogP) is 5.36. The van der Waals surface area contributed by atoms with Crippen LogP contribution in [0.4, 0.5) is 9.93 Å². The lowest BCUT2D eigenvalue weighted by atomic mass is 10.0. The molecule has 0 aliphatic heterocycles. The monoisotopic (exact) mass is 452 g/mol. The van der Waals surface area contributed by atoms with Crippen LogP contribution in [-0.2, 0) is 9.53 Å². The molecule has 0 aliphatic rings. The molecule has 0 unspecified atom stereocenters. The summed E-state index contributed by atoms with van der Waals surface area (Å²) in [4.78, 5) is 33.6. The predicted molar refractivity (Wildman–Crippen MR) is 127 cm³/mol. The average Bonchev–Trinajstić information content (AvgIpc) is 3.19. The van der Waals surface area contributed by atoms with Gasteiger partial charge in [0.25, 0.3) is 0 Å². The Morgan fingerprint density at radius 1 is 1.03 bits per heavy atom. The van der Waals surface area contributed by atoms with Gasteiger partial charge in [-0.15, -0.1) is 11.3 Å². The van der Waals surface area contributed by atoms with Gasteiger partial charge in [-0.05, 0) is 56.0 Å². The maximum atomic E-state index is 12.8. The van der Waals surface area contributed by atoms with Crippen LogP contribution < -0.4 is 10.6 Å². The van der Waals surface area contributed by atoms with Crippen molar-refractivity contribution in [3.63, 3.8) is 0 Å². The van der Waals surface area contributed by atoms with Crippen LogP contribution in [0.15, 0.2) is 54.2 Å². The zero-order valence-corrected chi connectivity index (χ0v) is 19.7. The molecule has 0 saturated carbocycles. The van der Waals surface area contributed by atoms with Crippen LogP contribution in [0.2, 0.25) is 0 Å². The van der Waals surface area contributed by atoms with Crippen molar-refractivity contribution in [1.29, 1.82) is 0 Å². The van der Waals surface area contributed by atoms with Crippen molar-refractivity contribution in [2.45, 2.75) is 46.3 Å². The van der Waals surface area contributed by atoms with E-state index in [1.165, 1.54) is 11.3 Å². The van der Waals surface area contributed by atoms with Gasteiger partial charge in [0, 0.05) is 23.3 Å². The van der Waals surface area contributed by atoms with E-state index in [2.05, 4.69) is 26.7 Å². The number of carbonyl (C=O) groups is 2. The van der Waals surface area contributed by atoms with Gasteiger partial charge >= 0.3 is 6.09 Å². The van der Waals surface area contributed by atoms with Gasteiger partial charge < -0.3 is 15.4 Å². The van der Waals surface area contributed by atoms with Gasteiger partial charge in [0.1, 0.15) is 11.6 Å². The van der Waals surface area contributed by atoms with Gasteiger partial charge in [0.15, 0.2) is 5.13 Å². The summed E-state index contributed by atoms with van der Waals surface area (Å²) in [6.45, 7) is 9.05. The number of anilines is 1. The summed E-state index contributed by atoms with van der Waals surface area (Å²) < 4.78 is 5.28. The molecule has 168 valence electrons. The third-order valence-electron chi connectivity index (χ3n) is 4.53. The van der Waals surface area contributed by atoms with Gasteiger partial charge in [-0.2, -0.15) is 0 Å². The zero-order chi connectivity index (χ0) is 23.3. The van der Waals surface area contributed by atoms with E-state index in [0.717, 1.165) is 22.4 Å². The maximum absolute atomic E-state index is 12.8. The van der Waals surface area contributed by atoms with Crippen molar-refractivity contribution >= 4 is 28.5 Å². The van der Waals surface area contributed by atoms with Crippen LogP contribution >= 0.6 is 11.3 Å². The Bertz CT molecular complexity index is 1070. The molecule has 3 aromatic rings. The standard InChI is InChI=1S/C24H28N4O3S/c1-15(2)20(27-23(30)31-24(3,4)5)21(29)28-22-26-19(14-32-22)18-8-6-7-17(13-18)16-9-11-25-12-10-16/h6-15,20H,1-5H3,(H,27,30)(H,26,28,29)/t20-/m0/s1. The smallest absolute Gasteiger partial charge is 0.408 e. The van der Waals surface area contributed by atoms with Gasteiger partial charge in [-0.3, -0.25) is 9.78 Å². The Morgan fingerprint density at radius 2 is 1.72 bits per heavy atom. The van der Waals surface area contributed by atoms with Crippen molar-refractivity contribution in [3.05, 3.63) is 54.2 Å². The fraction of sp³-hybridized carbons (Fsp3) is 0.333. The van der Waals surface area contributed by atoms with E-state index in [1.54, 1.807) is 33.2 Å². The van der Waals surface area contributed by atoms with Crippen LogP contribution in [0.25, 0.3) is 22.4 Å². The number of hydrogen-bond donors (Lipinski definition) is 2. The Hall–Kier alpha value is -3.26. The molecule has 0 spiro atoms. The average molecular weight is 453 g/mol. The van der Waals surface area contributed by atoms with Crippen LogP contribution in [0.5, 0.6) is 0 Å². The number of hydrogen-bond acceptors (Lipinski definition) is 6. The number of ether oxygens (including phenoxy) is 1. The molecule has 0 fully saturated rings. The summed E-state index contributed by atoms with van der Waals surface area (Å²) in [5, 5.41) is 7.84. The Labute approximate surface area is 192 Å². The van der Waals surface area contributed by atoms with E-state index in [4.69, 9.17) is 4.74 Å². The number of rotatable bonds is 6. The van der Waals surface area contributed by atoms with E-state index < -0.39 is 17.7 Å². The molecule has 2 amide bonds. The zero-order valence-electron chi connectivity index (χ0n) is 18.9. The van der Waals surface area contributed by atoms with E-state index in [1.807, 2.05) is 49.6 Å². The lowest BCUT2D eigenvalue weighted by molar-refractivity contribution is -0.119. The molecule has 8 heteroatoms. The minimum absolute atomic E-state index is 0.126. The van der Waals surface area contributed by atoms with Crippen molar-refractivity contribution in [3.8, 4) is 22.4 Å². The summed E-state index contributed by atoms with van der Waals surface area (Å²) >= 11 is 1.34. The van der Waals surface area contributed by atoms with Crippen molar-refractivity contribution in [1.82, 2.24) is 15.3 Å². The number of aromatic nitrogens is 2. The second-order valence-corrected chi connectivity index (χ2v) is 9.57. The molecule has 1 aromatic carbocycles. The highest BCUT2D eigenvalue weighted by atomic mass is 32.1. The van der Waals surface area contributed by atoms with Crippen molar-refractivity contribution in [2.24, 2.45) is 5.92 Å². The van der Waals surface area contributed by atoms with Crippen LogP contribution in [0.3, 0.4) is 0 Å². The molecule has 32 heavy (non-hydrogen) atoms. The molecular formula is C24H28N4O3S. The number of benzene rings is 1. The molecule has 3 rings (SSSR count). The Balaban J connectivity index is 1.71. The normalized spacial score (nSPS) is 12.3. The Morgan fingerprint density at radius 3 is 2.38 bits per heavy atom. The van der Waals surface area contributed by atoms with Crippen LogP contribution in [0.1, 0.15) is 34.6 Å². The molecule has 0 aliphatic carbocycles. The van der Waals surface area contributed by atoms with E-state index in [0.29, 0.717) is 5.13 Å². The number of pyridine rings is 1. The van der Waals surface area contributed by atoms with Crippen LogP contribution in [0, 0.1) is 5.92 Å². The minimum atomic E-state index is -0.743. The summed E-state index contributed by atoms with van der Waals surface area (Å²) in [5.41, 5.74) is 3.20. The Kier molecular flexibility index (Phi) is 7.25. The first-order valence-electron chi connectivity index (χ1n) is 10.4.